The second kappa shape index (κ2) is 10.5. The first kappa shape index (κ1) is 23.0. The van der Waals surface area contributed by atoms with Crippen molar-refractivity contribution >= 4 is 27.6 Å². The van der Waals surface area contributed by atoms with Crippen LogP contribution in [0.5, 0.6) is 0 Å². The summed E-state index contributed by atoms with van der Waals surface area (Å²) in [6.07, 6.45) is 3.00. The van der Waals surface area contributed by atoms with Gasteiger partial charge < -0.3 is 10.1 Å². The number of piperidine rings is 1. The fourth-order valence-electron chi connectivity index (χ4n) is 3.44. The Morgan fingerprint density at radius 3 is 2.48 bits per heavy atom. The van der Waals surface area contributed by atoms with Crippen LogP contribution < -0.4 is 5.32 Å². The van der Waals surface area contributed by atoms with Crippen molar-refractivity contribution in [3.63, 3.8) is 0 Å². The number of unbranched alkanes of at least 4 members (excludes halogenated alkanes) is 1. The number of esters is 1. The highest BCUT2D eigenvalue weighted by Gasteiger charge is 2.33. The largest absolute Gasteiger partial charge is 0.462 e. The standard InChI is InChI=1S/C23H28N2O5S/c1-2-3-16-30-23(27)18-11-13-20(14-12-18)24-22(26)19-8-7-15-25(17-19)31(28,29)21-9-5-4-6-10-21/h4-6,9-14,19H,2-3,7-8,15-17H2,1H3,(H,24,26)/t19-/m1/s1. The maximum Gasteiger partial charge on any atom is 0.338 e. The number of rotatable bonds is 8. The summed E-state index contributed by atoms with van der Waals surface area (Å²) in [4.78, 5) is 25.0. The number of hydrogen-bond donors (Lipinski definition) is 1. The molecule has 166 valence electrons. The van der Waals surface area contributed by atoms with Crippen LogP contribution in [-0.2, 0) is 19.6 Å². The Balaban J connectivity index is 1.59. The van der Waals surface area contributed by atoms with Crippen LogP contribution in [0.25, 0.3) is 0 Å². The Morgan fingerprint density at radius 1 is 1.10 bits per heavy atom. The highest BCUT2D eigenvalue weighted by atomic mass is 32.2. The summed E-state index contributed by atoms with van der Waals surface area (Å²) in [6.45, 7) is 2.95. The molecule has 0 saturated carbocycles. The lowest BCUT2D eigenvalue weighted by molar-refractivity contribution is -0.120. The molecule has 2 aromatic carbocycles. The average molecular weight is 445 g/mol. The van der Waals surface area contributed by atoms with Crippen LogP contribution in [0, 0.1) is 5.92 Å². The first-order chi connectivity index (χ1) is 14.9. The van der Waals surface area contributed by atoms with Gasteiger partial charge in [-0.25, -0.2) is 13.2 Å². The van der Waals surface area contributed by atoms with Gasteiger partial charge in [-0.2, -0.15) is 4.31 Å². The molecule has 1 fully saturated rings. The van der Waals surface area contributed by atoms with E-state index in [4.69, 9.17) is 4.74 Å². The van der Waals surface area contributed by atoms with Crippen LogP contribution in [-0.4, -0.2) is 44.3 Å². The summed E-state index contributed by atoms with van der Waals surface area (Å²) in [5, 5.41) is 2.83. The molecular weight excluding hydrogens is 416 g/mol. The fourth-order valence-corrected chi connectivity index (χ4v) is 4.99. The maximum atomic E-state index is 12.9. The van der Waals surface area contributed by atoms with E-state index in [-0.39, 0.29) is 23.3 Å². The third kappa shape index (κ3) is 5.92. The molecule has 2 aromatic rings. The highest BCUT2D eigenvalue weighted by molar-refractivity contribution is 7.89. The molecule has 3 rings (SSSR count). The molecule has 0 spiro atoms. The zero-order valence-corrected chi connectivity index (χ0v) is 18.4. The van der Waals surface area contributed by atoms with Crippen molar-refractivity contribution in [3.05, 3.63) is 60.2 Å². The van der Waals surface area contributed by atoms with E-state index in [2.05, 4.69) is 5.32 Å². The number of benzene rings is 2. The average Bonchev–Trinajstić information content (AvgIpc) is 2.80. The molecule has 1 N–H and O–H groups in total. The molecule has 1 aliphatic rings. The number of nitrogens with zero attached hydrogens (tertiary/aromatic N) is 1. The van der Waals surface area contributed by atoms with Crippen molar-refractivity contribution in [1.29, 1.82) is 0 Å². The lowest BCUT2D eigenvalue weighted by atomic mass is 9.98. The number of hydrogen-bond acceptors (Lipinski definition) is 5. The van der Waals surface area contributed by atoms with Gasteiger partial charge in [0.1, 0.15) is 0 Å². The van der Waals surface area contributed by atoms with E-state index in [1.54, 1.807) is 54.6 Å². The van der Waals surface area contributed by atoms with Crippen molar-refractivity contribution in [1.82, 2.24) is 4.31 Å². The molecule has 31 heavy (non-hydrogen) atoms. The molecule has 0 unspecified atom stereocenters. The molecule has 7 nitrogen and oxygen atoms in total. The second-order valence-corrected chi connectivity index (χ2v) is 9.51. The van der Waals surface area contributed by atoms with Gasteiger partial charge in [-0.15, -0.1) is 0 Å². The Hall–Kier alpha value is -2.71. The van der Waals surface area contributed by atoms with Crippen LogP contribution in [0.15, 0.2) is 59.5 Å². The van der Waals surface area contributed by atoms with Gasteiger partial charge in [0.2, 0.25) is 15.9 Å². The predicted octanol–water partition coefficient (Wildman–Crippen LogP) is 3.68. The summed E-state index contributed by atoms with van der Waals surface area (Å²) in [7, 11) is -3.62. The van der Waals surface area contributed by atoms with E-state index in [1.165, 1.54) is 4.31 Å². The van der Waals surface area contributed by atoms with Crippen molar-refractivity contribution in [2.75, 3.05) is 25.0 Å². The first-order valence-electron chi connectivity index (χ1n) is 10.5. The molecule has 1 atom stereocenters. The lowest BCUT2D eigenvalue weighted by Crippen LogP contribution is -2.43. The van der Waals surface area contributed by atoms with Crippen LogP contribution in [0.4, 0.5) is 5.69 Å². The van der Waals surface area contributed by atoms with Gasteiger partial charge in [0, 0.05) is 18.8 Å². The van der Waals surface area contributed by atoms with Gasteiger partial charge in [-0.05, 0) is 55.7 Å². The Kier molecular flexibility index (Phi) is 7.81. The normalized spacial score (nSPS) is 17.1. The van der Waals surface area contributed by atoms with Crippen molar-refractivity contribution in [2.45, 2.75) is 37.5 Å². The monoisotopic (exact) mass is 444 g/mol. The fraction of sp³-hybridized carbons (Fsp3) is 0.391. The summed E-state index contributed by atoms with van der Waals surface area (Å²) in [5.74, 6) is -1.06. The number of carbonyl (C=O) groups is 2. The van der Waals surface area contributed by atoms with E-state index >= 15 is 0 Å². The molecule has 8 heteroatoms. The third-order valence-electron chi connectivity index (χ3n) is 5.26. The maximum absolute atomic E-state index is 12.9. The zero-order chi connectivity index (χ0) is 22.3. The molecule has 1 heterocycles. The number of carbonyl (C=O) groups excluding carboxylic acids is 2. The molecule has 1 amide bonds. The molecule has 0 aromatic heterocycles. The SMILES string of the molecule is CCCCOC(=O)c1ccc(NC(=O)[C@@H]2CCCN(S(=O)(=O)c3ccccc3)C2)cc1. The molecule has 1 saturated heterocycles. The van der Waals surface area contributed by atoms with Crippen LogP contribution in [0.2, 0.25) is 0 Å². The van der Waals surface area contributed by atoms with E-state index < -0.39 is 15.9 Å². The molecule has 0 bridgehead atoms. The minimum atomic E-state index is -3.62. The minimum absolute atomic E-state index is 0.144. The van der Waals surface area contributed by atoms with Crippen molar-refractivity contribution in [2.24, 2.45) is 5.92 Å². The minimum Gasteiger partial charge on any atom is -0.462 e. The van der Waals surface area contributed by atoms with Crippen LogP contribution in [0.3, 0.4) is 0 Å². The smallest absolute Gasteiger partial charge is 0.338 e. The van der Waals surface area contributed by atoms with E-state index in [1.807, 2.05) is 6.92 Å². The predicted molar refractivity (Wildman–Crippen MR) is 118 cm³/mol. The van der Waals surface area contributed by atoms with Gasteiger partial charge in [-0.1, -0.05) is 31.5 Å². The van der Waals surface area contributed by atoms with Crippen molar-refractivity contribution < 1.29 is 22.7 Å². The van der Waals surface area contributed by atoms with E-state index in [0.717, 1.165) is 12.8 Å². The molecule has 1 aliphatic heterocycles. The third-order valence-corrected chi connectivity index (χ3v) is 7.13. The van der Waals surface area contributed by atoms with Gasteiger partial charge >= 0.3 is 5.97 Å². The Morgan fingerprint density at radius 2 is 1.81 bits per heavy atom. The molecule has 0 radical (unpaired) electrons. The van der Waals surface area contributed by atoms with Gasteiger partial charge in [0.15, 0.2) is 0 Å². The van der Waals surface area contributed by atoms with Gasteiger partial charge in [0.05, 0.1) is 23.0 Å². The molecular formula is C23H28N2O5S. The quantitative estimate of drug-likeness (QED) is 0.495. The highest BCUT2D eigenvalue weighted by Crippen LogP contribution is 2.25. The summed E-state index contributed by atoms with van der Waals surface area (Å²) < 4.78 is 32.3. The van der Waals surface area contributed by atoms with Crippen LogP contribution >= 0.6 is 0 Å². The zero-order valence-electron chi connectivity index (χ0n) is 17.6. The topological polar surface area (TPSA) is 92.8 Å². The first-order valence-corrected chi connectivity index (χ1v) is 12.0. The number of anilines is 1. The number of nitrogens with one attached hydrogen (secondary N) is 1. The summed E-state index contributed by atoms with van der Waals surface area (Å²) >= 11 is 0. The number of amides is 1. The van der Waals surface area contributed by atoms with Gasteiger partial charge in [0.25, 0.3) is 0 Å². The van der Waals surface area contributed by atoms with E-state index in [0.29, 0.717) is 37.2 Å². The van der Waals surface area contributed by atoms with E-state index in [9.17, 15) is 18.0 Å². The Bertz CT molecular complexity index is 990. The van der Waals surface area contributed by atoms with Gasteiger partial charge in [-0.3, -0.25) is 4.79 Å². The van der Waals surface area contributed by atoms with Crippen molar-refractivity contribution in [3.8, 4) is 0 Å². The second-order valence-electron chi connectivity index (χ2n) is 7.57. The number of ether oxygens (including phenoxy) is 1. The lowest BCUT2D eigenvalue weighted by Gasteiger charge is -2.31. The number of sulfonamides is 1. The Labute approximate surface area is 183 Å². The molecule has 0 aliphatic carbocycles. The summed E-state index contributed by atoms with van der Waals surface area (Å²) in [5.41, 5.74) is 0.977. The summed E-state index contributed by atoms with van der Waals surface area (Å²) in [6, 6.07) is 14.8. The van der Waals surface area contributed by atoms with Crippen LogP contribution in [0.1, 0.15) is 43.0 Å².